The van der Waals surface area contributed by atoms with Crippen molar-refractivity contribution >= 4 is 17.6 Å². The van der Waals surface area contributed by atoms with Crippen LogP contribution in [0.3, 0.4) is 0 Å². The number of hydrogen-bond donors (Lipinski definition) is 0. The molecule has 2 heterocycles. The molecular weight excluding hydrogens is 392 g/mol. The molecule has 154 valence electrons. The molecule has 0 aliphatic rings. The fraction of sp³-hybridized carbons (Fsp3) is 0.182. The largest absolute Gasteiger partial charge is 0.462 e. The molecule has 0 bridgehead atoms. The Kier molecular flexibility index (Phi) is 6.46. The van der Waals surface area contributed by atoms with Gasteiger partial charge in [-0.25, -0.2) is 18.6 Å². The first-order valence-electron chi connectivity index (χ1n) is 9.22. The summed E-state index contributed by atoms with van der Waals surface area (Å²) in [4.78, 5) is 34.7. The van der Waals surface area contributed by atoms with Crippen molar-refractivity contribution in [2.45, 2.75) is 20.4 Å². The van der Waals surface area contributed by atoms with E-state index in [1.165, 1.54) is 18.2 Å². The molecule has 0 saturated heterocycles. The molecule has 0 aliphatic heterocycles. The maximum atomic E-state index is 14.5. The van der Waals surface area contributed by atoms with Gasteiger partial charge in [0.05, 0.1) is 35.8 Å². The summed E-state index contributed by atoms with van der Waals surface area (Å²) in [6.07, 6.45) is 1.55. The lowest BCUT2D eigenvalue weighted by molar-refractivity contribution is 0.0524. The lowest BCUT2D eigenvalue weighted by atomic mass is 10.1. The van der Waals surface area contributed by atoms with Gasteiger partial charge in [-0.05, 0) is 50.2 Å². The molecule has 8 heteroatoms. The van der Waals surface area contributed by atoms with E-state index < -0.39 is 23.5 Å². The molecule has 0 N–H and O–H groups in total. The molecule has 6 nitrogen and oxygen atoms in total. The molecule has 3 rings (SSSR count). The molecule has 0 radical (unpaired) electrons. The van der Waals surface area contributed by atoms with Crippen LogP contribution in [0, 0.1) is 18.6 Å². The molecule has 30 heavy (non-hydrogen) atoms. The molecule has 2 aromatic heterocycles. The van der Waals surface area contributed by atoms with E-state index in [1.54, 1.807) is 38.2 Å². The number of rotatable bonds is 6. The van der Waals surface area contributed by atoms with E-state index >= 15 is 0 Å². The maximum absolute atomic E-state index is 14.5. The number of carbonyl (C=O) groups is 2. The summed E-state index contributed by atoms with van der Waals surface area (Å²) >= 11 is 0. The molecular formula is C22H19F2N3O3. The Morgan fingerprint density at radius 2 is 1.90 bits per heavy atom. The molecule has 1 amide bonds. The summed E-state index contributed by atoms with van der Waals surface area (Å²) in [6, 6.07) is 10.9. The minimum absolute atomic E-state index is 0.000189. The van der Waals surface area contributed by atoms with Crippen LogP contribution < -0.4 is 4.90 Å². The Morgan fingerprint density at radius 3 is 2.53 bits per heavy atom. The highest BCUT2D eigenvalue weighted by Gasteiger charge is 2.24. The van der Waals surface area contributed by atoms with Crippen molar-refractivity contribution in [3.05, 3.63) is 89.0 Å². The topological polar surface area (TPSA) is 72.4 Å². The van der Waals surface area contributed by atoms with Gasteiger partial charge in [0.1, 0.15) is 17.3 Å². The summed E-state index contributed by atoms with van der Waals surface area (Å²) in [5, 5.41) is 0. The Morgan fingerprint density at radius 1 is 1.10 bits per heavy atom. The zero-order valence-corrected chi connectivity index (χ0v) is 16.4. The summed E-state index contributed by atoms with van der Waals surface area (Å²) in [5.41, 5.74) is 0.935. The smallest absolute Gasteiger partial charge is 0.339 e. The Hall–Kier alpha value is -3.68. The summed E-state index contributed by atoms with van der Waals surface area (Å²) in [6.45, 7) is 3.42. The predicted octanol–water partition coefficient (Wildman–Crippen LogP) is 4.09. The number of anilines is 1. The minimum atomic E-state index is -0.890. The van der Waals surface area contributed by atoms with Crippen LogP contribution in [0.5, 0.6) is 0 Å². The lowest BCUT2D eigenvalue weighted by Gasteiger charge is -2.23. The average molecular weight is 411 g/mol. The van der Waals surface area contributed by atoms with Gasteiger partial charge in [0.15, 0.2) is 0 Å². The third kappa shape index (κ3) is 4.65. The number of benzene rings is 1. The first-order chi connectivity index (χ1) is 14.4. The van der Waals surface area contributed by atoms with Crippen LogP contribution in [0.4, 0.5) is 14.5 Å². The zero-order valence-electron chi connectivity index (χ0n) is 16.4. The number of ether oxygens (including phenoxy) is 1. The van der Waals surface area contributed by atoms with Crippen molar-refractivity contribution < 1.29 is 23.1 Å². The van der Waals surface area contributed by atoms with Crippen molar-refractivity contribution in [1.29, 1.82) is 0 Å². The summed E-state index contributed by atoms with van der Waals surface area (Å²) in [7, 11) is 0. The number of aryl methyl sites for hydroxylation is 1. The van der Waals surface area contributed by atoms with Gasteiger partial charge in [-0.2, -0.15) is 0 Å². The highest BCUT2D eigenvalue weighted by Crippen LogP contribution is 2.24. The van der Waals surface area contributed by atoms with Gasteiger partial charge in [-0.15, -0.1) is 0 Å². The Balaban J connectivity index is 1.99. The van der Waals surface area contributed by atoms with Gasteiger partial charge in [-0.3, -0.25) is 14.7 Å². The van der Waals surface area contributed by atoms with E-state index in [-0.39, 0.29) is 30.1 Å². The number of amides is 1. The van der Waals surface area contributed by atoms with Crippen molar-refractivity contribution in [3.63, 3.8) is 0 Å². The van der Waals surface area contributed by atoms with E-state index in [9.17, 15) is 18.4 Å². The second kappa shape index (κ2) is 9.21. The quantitative estimate of drug-likeness (QED) is 0.572. The average Bonchev–Trinajstić information content (AvgIpc) is 2.73. The molecule has 0 unspecified atom stereocenters. The molecule has 0 aliphatic carbocycles. The maximum Gasteiger partial charge on any atom is 0.339 e. The van der Waals surface area contributed by atoms with Crippen LogP contribution in [0.15, 0.2) is 54.7 Å². The zero-order chi connectivity index (χ0) is 21.7. The third-order valence-electron chi connectivity index (χ3n) is 4.29. The van der Waals surface area contributed by atoms with Crippen molar-refractivity contribution in [2.75, 3.05) is 11.5 Å². The number of carbonyl (C=O) groups excluding carboxylic acids is 2. The van der Waals surface area contributed by atoms with Crippen LogP contribution in [0.2, 0.25) is 0 Å². The number of nitrogens with zero attached hydrogens (tertiary/aromatic N) is 3. The fourth-order valence-corrected chi connectivity index (χ4v) is 2.86. The molecule has 0 fully saturated rings. The fourth-order valence-electron chi connectivity index (χ4n) is 2.86. The van der Waals surface area contributed by atoms with E-state index in [1.807, 2.05) is 0 Å². The van der Waals surface area contributed by atoms with E-state index in [4.69, 9.17) is 4.74 Å². The first-order valence-corrected chi connectivity index (χ1v) is 9.22. The van der Waals surface area contributed by atoms with Crippen LogP contribution in [0.25, 0.3) is 0 Å². The Bertz CT molecular complexity index is 1070. The molecule has 0 atom stereocenters. The first kappa shape index (κ1) is 21.0. The van der Waals surface area contributed by atoms with E-state index in [2.05, 4.69) is 9.97 Å². The normalized spacial score (nSPS) is 10.5. The highest BCUT2D eigenvalue weighted by molar-refractivity contribution is 6.05. The number of hydrogen-bond acceptors (Lipinski definition) is 5. The van der Waals surface area contributed by atoms with Gasteiger partial charge in [0.25, 0.3) is 5.91 Å². The van der Waals surface area contributed by atoms with Crippen LogP contribution >= 0.6 is 0 Å². The summed E-state index contributed by atoms with van der Waals surface area (Å²) < 4.78 is 32.8. The van der Waals surface area contributed by atoms with Gasteiger partial charge in [0.2, 0.25) is 0 Å². The third-order valence-corrected chi connectivity index (χ3v) is 4.29. The second-order valence-corrected chi connectivity index (χ2v) is 6.36. The van der Waals surface area contributed by atoms with Gasteiger partial charge >= 0.3 is 5.97 Å². The van der Waals surface area contributed by atoms with Gasteiger partial charge in [-0.1, -0.05) is 6.07 Å². The van der Waals surface area contributed by atoms with Crippen LogP contribution in [0.1, 0.15) is 39.2 Å². The SMILES string of the molecule is CCOC(=O)c1ccc(C(=O)N(Cc2ccccn2)c2ccc(F)cc2F)nc1C. The van der Waals surface area contributed by atoms with Crippen LogP contribution in [-0.2, 0) is 11.3 Å². The van der Waals surface area contributed by atoms with Crippen molar-refractivity contribution in [2.24, 2.45) is 0 Å². The molecule has 3 aromatic rings. The molecule has 1 aromatic carbocycles. The molecule has 0 spiro atoms. The predicted molar refractivity (Wildman–Crippen MR) is 106 cm³/mol. The number of esters is 1. The second-order valence-electron chi connectivity index (χ2n) is 6.36. The van der Waals surface area contributed by atoms with Crippen molar-refractivity contribution in [1.82, 2.24) is 9.97 Å². The number of pyridine rings is 2. The van der Waals surface area contributed by atoms with E-state index in [0.717, 1.165) is 11.0 Å². The Labute approximate surface area is 172 Å². The van der Waals surface area contributed by atoms with Crippen LogP contribution in [-0.4, -0.2) is 28.5 Å². The lowest BCUT2D eigenvalue weighted by Crippen LogP contribution is -2.32. The number of halogens is 2. The van der Waals surface area contributed by atoms with Crippen molar-refractivity contribution in [3.8, 4) is 0 Å². The number of aromatic nitrogens is 2. The monoisotopic (exact) mass is 411 g/mol. The van der Waals surface area contributed by atoms with Gasteiger partial charge in [0, 0.05) is 12.3 Å². The summed E-state index contributed by atoms with van der Waals surface area (Å²) in [5.74, 6) is -2.81. The standard InChI is InChI=1S/C22H19F2N3O3/c1-3-30-22(29)17-8-9-19(26-14(17)2)21(28)27(13-16-6-4-5-11-25-16)20-10-7-15(23)12-18(20)24/h4-12H,3,13H2,1-2H3. The van der Waals surface area contributed by atoms with E-state index in [0.29, 0.717) is 17.5 Å². The van der Waals surface area contributed by atoms with Gasteiger partial charge < -0.3 is 4.74 Å². The minimum Gasteiger partial charge on any atom is -0.462 e. The molecule has 0 saturated carbocycles. The highest BCUT2D eigenvalue weighted by atomic mass is 19.1.